The van der Waals surface area contributed by atoms with E-state index in [1.54, 1.807) is 26.0 Å². The summed E-state index contributed by atoms with van der Waals surface area (Å²) in [6, 6.07) is 0. The van der Waals surface area contributed by atoms with E-state index in [2.05, 4.69) is 4.74 Å². The third kappa shape index (κ3) is 2.21. The molecule has 5 heteroatoms. The Morgan fingerprint density at radius 1 is 1.43 bits per heavy atom. The normalized spacial score (nSPS) is 24.9. The van der Waals surface area contributed by atoms with Gasteiger partial charge in [0.05, 0.1) is 13.5 Å². The van der Waals surface area contributed by atoms with Gasteiger partial charge in [-0.2, -0.15) is 11.8 Å². The van der Waals surface area contributed by atoms with E-state index in [1.165, 1.54) is 7.11 Å². The van der Waals surface area contributed by atoms with Crippen LogP contribution in [-0.4, -0.2) is 44.6 Å². The lowest BCUT2D eigenvalue weighted by Gasteiger charge is -2.31. The van der Waals surface area contributed by atoms with Gasteiger partial charge in [-0.15, -0.1) is 0 Å². The fraction of sp³-hybridized carbons (Fsp3) is 0.889. The van der Waals surface area contributed by atoms with Gasteiger partial charge in [-0.25, -0.2) is 0 Å². The second-order valence-corrected chi connectivity index (χ2v) is 4.24. The number of thioether (sulfide) groups is 1. The number of hydrogen-bond acceptors (Lipinski definition) is 5. The van der Waals surface area contributed by atoms with Crippen LogP contribution in [0, 0.1) is 5.92 Å². The first-order chi connectivity index (χ1) is 6.68. The average Bonchev–Trinajstić information content (AvgIpc) is 2.61. The lowest BCUT2D eigenvalue weighted by Crippen LogP contribution is -2.42. The molecule has 0 aliphatic carbocycles. The lowest BCUT2D eigenvalue weighted by molar-refractivity contribution is -0.217. The summed E-state index contributed by atoms with van der Waals surface area (Å²) in [5, 5.41) is 0. The van der Waals surface area contributed by atoms with Crippen molar-refractivity contribution in [2.45, 2.75) is 12.2 Å². The van der Waals surface area contributed by atoms with Crippen molar-refractivity contribution in [3.8, 4) is 0 Å². The quantitative estimate of drug-likeness (QED) is 0.520. The number of esters is 1. The first-order valence-corrected chi connectivity index (χ1v) is 5.59. The Labute approximate surface area is 88.3 Å². The topological polar surface area (TPSA) is 44.8 Å². The third-order valence-corrected chi connectivity index (χ3v) is 3.82. The van der Waals surface area contributed by atoms with Crippen molar-refractivity contribution >= 4 is 17.7 Å². The Kier molecular flexibility index (Phi) is 4.22. The molecule has 1 atom stereocenters. The van der Waals surface area contributed by atoms with Crippen LogP contribution in [-0.2, 0) is 19.0 Å². The molecule has 1 heterocycles. The Morgan fingerprint density at radius 3 is 2.57 bits per heavy atom. The minimum absolute atomic E-state index is 0.0787. The highest BCUT2D eigenvalue weighted by Crippen LogP contribution is 2.38. The molecule has 0 amide bonds. The zero-order valence-corrected chi connectivity index (χ0v) is 9.56. The molecule has 0 aromatic heterocycles. The molecule has 0 spiro atoms. The second kappa shape index (κ2) is 5.00. The first-order valence-electron chi connectivity index (χ1n) is 4.43. The van der Waals surface area contributed by atoms with Crippen LogP contribution in [0.25, 0.3) is 0 Å². The van der Waals surface area contributed by atoms with E-state index >= 15 is 0 Å². The average molecular weight is 220 g/mol. The molecule has 1 aliphatic heterocycles. The van der Waals surface area contributed by atoms with Gasteiger partial charge in [-0.05, 0) is 0 Å². The standard InChI is InChI=1S/C9H16O4S/c1-11-8(10)4-7-5-14-6-9(7,12-2)13-3/h7H,4-6H2,1-3H3. The summed E-state index contributed by atoms with van der Waals surface area (Å²) in [6.45, 7) is 0. The third-order valence-electron chi connectivity index (χ3n) is 2.58. The smallest absolute Gasteiger partial charge is 0.306 e. The highest BCUT2D eigenvalue weighted by Gasteiger charge is 2.45. The minimum atomic E-state index is -0.612. The molecule has 82 valence electrons. The molecule has 1 saturated heterocycles. The summed E-state index contributed by atoms with van der Waals surface area (Å²) in [4.78, 5) is 11.1. The summed E-state index contributed by atoms with van der Waals surface area (Å²) >= 11 is 1.73. The van der Waals surface area contributed by atoms with Gasteiger partial charge in [0, 0.05) is 31.6 Å². The van der Waals surface area contributed by atoms with Crippen molar-refractivity contribution in [3.63, 3.8) is 0 Å². The van der Waals surface area contributed by atoms with Crippen LogP contribution in [0.1, 0.15) is 6.42 Å². The highest BCUT2D eigenvalue weighted by atomic mass is 32.2. The molecule has 0 aromatic rings. The Balaban J connectivity index is 2.62. The van der Waals surface area contributed by atoms with Crippen molar-refractivity contribution in [2.75, 3.05) is 32.8 Å². The van der Waals surface area contributed by atoms with Crippen molar-refractivity contribution in [1.29, 1.82) is 0 Å². The van der Waals surface area contributed by atoms with E-state index in [0.29, 0.717) is 6.42 Å². The second-order valence-electron chi connectivity index (χ2n) is 3.21. The molecule has 0 aromatic carbocycles. The van der Waals surface area contributed by atoms with Gasteiger partial charge in [-0.1, -0.05) is 0 Å². The Hall–Kier alpha value is -0.260. The van der Waals surface area contributed by atoms with Gasteiger partial charge < -0.3 is 14.2 Å². The van der Waals surface area contributed by atoms with Crippen LogP contribution in [0.5, 0.6) is 0 Å². The maximum Gasteiger partial charge on any atom is 0.306 e. The molecule has 0 bridgehead atoms. The fourth-order valence-electron chi connectivity index (χ4n) is 1.62. The number of ether oxygens (including phenoxy) is 3. The maximum atomic E-state index is 11.1. The summed E-state index contributed by atoms with van der Waals surface area (Å²) in [7, 11) is 4.62. The molecule has 1 aliphatic rings. The van der Waals surface area contributed by atoms with E-state index in [9.17, 15) is 4.79 Å². The molecular weight excluding hydrogens is 204 g/mol. The number of carbonyl (C=O) groups is 1. The summed E-state index contributed by atoms with van der Waals surface area (Å²) in [6.07, 6.45) is 0.352. The zero-order valence-electron chi connectivity index (χ0n) is 8.74. The molecule has 1 fully saturated rings. The first kappa shape index (κ1) is 11.8. The van der Waals surface area contributed by atoms with Crippen LogP contribution in [0.4, 0.5) is 0 Å². The van der Waals surface area contributed by atoms with E-state index in [1.807, 2.05) is 0 Å². The monoisotopic (exact) mass is 220 g/mol. The number of methoxy groups -OCH3 is 3. The van der Waals surface area contributed by atoms with Crippen molar-refractivity contribution in [3.05, 3.63) is 0 Å². The summed E-state index contributed by atoms with van der Waals surface area (Å²) < 4.78 is 15.3. The van der Waals surface area contributed by atoms with Gasteiger partial charge in [0.25, 0.3) is 0 Å². The predicted octanol–water partition coefficient (Wildman–Crippen LogP) is 0.902. The van der Waals surface area contributed by atoms with Crippen molar-refractivity contribution in [2.24, 2.45) is 5.92 Å². The van der Waals surface area contributed by atoms with Gasteiger partial charge in [-0.3, -0.25) is 4.79 Å². The van der Waals surface area contributed by atoms with E-state index in [-0.39, 0.29) is 11.9 Å². The summed E-state index contributed by atoms with van der Waals surface area (Å²) in [5.41, 5.74) is 0. The maximum absolute atomic E-state index is 11.1. The Morgan fingerprint density at radius 2 is 2.07 bits per heavy atom. The minimum Gasteiger partial charge on any atom is -0.469 e. The van der Waals surface area contributed by atoms with Crippen LogP contribution < -0.4 is 0 Å². The molecule has 0 radical (unpaired) electrons. The van der Waals surface area contributed by atoms with E-state index < -0.39 is 5.79 Å². The van der Waals surface area contributed by atoms with Gasteiger partial charge >= 0.3 is 5.97 Å². The SMILES string of the molecule is COC(=O)CC1CSCC1(OC)OC. The number of rotatable bonds is 4. The fourth-order valence-corrected chi connectivity index (χ4v) is 3.15. The molecule has 0 saturated carbocycles. The van der Waals surface area contributed by atoms with Gasteiger partial charge in [0.2, 0.25) is 0 Å². The lowest BCUT2D eigenvalue weighted by atomic mass is 9.98. The largest absolute Gasteiger partial charge is 0.469 e. The van der Waals surface area contributed by atoms with Crippen LogP contribution in [0.3, 0.4) is 0 Å². The predicted molar refractivity (Wildman–Crippen MR) is 54.2 cm³/mol. The molecule has 0 N–H and O–H groups in total. The van der Waals surface area contributed by atoms with E-state index in [0.717, 1.165) is 11.5 Å². The van der Waals surface area contributed by atoms with Gasteiger partial charge in [0.1, 0.15) is 0 Å². The number of carbonyl (C=O) groups excluding carboxylic acids is 1. The van der Waals surface area contributed by atoms with E-state index in [4.69, 9.17) is 9.47 Å². The van der Waals surface area contributed by atoms with Gasteiger partial charge in [0.15, 0.2) is 5.79 Å². The molecule has 1 rings (SSSR count). The molecule has 4 nitrogen and oxygen atoms in total. The van der Waals surface area contributed by atoms with Crippen LogP contribution >= 0.6 is 11.8 Å². The molecule has 14 heavy (non-hydrogen) atoms. The Bertz CT molecular complexity index is 203. The zero-order chi connectivity index (χ0) is 10.6. The molecule has 1 unspecified atom stereocenters. The highest BCUT2D eigenvalue weighted by molar-refractivity contribution is 7.99. The van der Waals surface area contributed by atoms with Crippen molar-refractivity contribution in [1.82, 2.24) is 0 Å². The summed E-state index contributed by atoms with van der Waals surface area (Å²) in [5.74, 6) is 0.892. The molecular formula is C9H16O4S. The number of hydrogen-bond donors (Lipinski definition) is 0. The van der Waals surface area contributed by atoms with Crippen molar-refractivity contribution < 1.29 is 19.0 Å². The van der Waals surface area contributed by atoms with Crippen LogP contribution in [0.15, 0.2) is 0 Å². The van der Waals surface area contributed by atoms with Crippen LogP contribution in [0.2, 0.25) is 0 Å².